The zero-order chi connectivity index (χ0) is 24.5. The lowest BCUT2D eigenvalue weighted by Crippen LogP contribution is -2.50. The van der Waals surface area contributed by atoms with Crippen LogP contribution >= 0.6 is 11.3 Å². The van der Waals surface area contributed by atoms with Crippen LogP contribution in [-0.2, 0) is 20.7 Å². The van der Waals surface area contributed by atoms with E-state index in [0.29, 0.717) is 32.1 Å². The van der Waals surface area contributed by atoms with Crippen molar-refractivity contribution in [2.45, 2.75) is 50.6 Å². The molecule has 1 aliphatic carbocycles. The van der Waals surface area contributed by atoms with Crippen molar-refractivity contribution in [1.29, 1.82) is 0 Å². The molecule has 1 atom stereocenters. The summed E-state index contributed by atoms with van der Waals surface area (Å²) in [7, 11) is 1.62. The molecule has 35 heavy (non-hydrogen) atoms. The Hall–Kier alpha value is -2.42. The SMILES string of the molecule is COc1cccc([C@@H](C(=O)NC2CCCCC2)N(CCN2CCOCC2)C(=O)Cc2cccs2)c1. The molecule has 0 radical (unpaired) electrons. The lowest BCUT2D eigenvalue weighted by Gasteiger charge is -2.35. The van der Waals surface area contributed by atoms with E-state index in [2.05, 4.69) is 10.2 Å². The molecule has 0 unspecified atom stereocenters. The van der Waals surface area contributed by atoms with Gasteiger partial charge < -0.3 is 19.7 Å². The molecule has 1 saturated heterocycles. The number of amides is 2. The van der Waals surface area contributed by atoms with Crippen LogP contribution in [0.3, 0.4) is 0 Å². The highest BCUT2D eigenvalue weighted by atomic mass is 32.1. The highest BCUT2D eigenvalue weighted by Crippen LogP contribution is 2.28. The van der Waals surface area contributed by atoms with Crippen LogP contribution in [0.4, 0.5) is 0 Å². The van der Waals surface area contributed by atoms with Gasteiger partial charge in [0.1, 0.15) is 11.8 Å². The van der Waals surface area contributed by atoms with Crippen molar-refractivity contribution in [1.82, 2.24) is 15.1 Å². The Kier molecular flexibility index (Phi) is 9.57. The first-order valence-electron chi connectivity index (χ1n) is 12.7. The third-order valence-corrected chi connectivity index (χ3v) is 7.78. The zero-order valence-electron chi connectivity index (χ0n) is 20.6. The van der Waals surface area contributed by atoms with Gasteiger partial charge in [-0.3, -0.25) is 14.5 Å². The van der Waals surface area contributed by atoms with Crippen LogP contribution in [0.25, 0.3) is 0 Å². The van der Waals surface area contributed by atoms with Crippen LogP contribution in [0.15, 0.2) is 41.8 Å². The summed E-state index contributed by atoms with van der Waals surface area (Å²) in [6.45, 7) is 4.26. The first-order valence-corrected chi connectivity index (χ1v) is 13.6. The number of nitrogens with zero attached hydrogens (tertiary/aromatic N) is 2. The highest BCUT2D eigenvalue weighted by Gasteiger charge is 2.33. The standard InChI is InChI=1S/C27H37N3O4S/c1-33-23-10-5-7-21(19-23)26(27(32)28-22-8-3-2-4-9-22)30(13-12-29-14-16-34-17-15-29)25(31)20-24-11-6-18-35-24/h5-7,10-11,18-19,22,26H,2-4,8-9,12-17,20H2,1H3,(H,28,32)/t26-/m0/s1. The fraction of sp³-hybridized carbons (Fsp3) is 0.556. The quantitative estimate of drug-likeness (QED) is 0.540. The summed E-state index contributed by atoms with van der Waals surface area (Å²) in [5.41, 5.74) is 0.777. The maximum absolute atomic E-state index is 13.8. The Bertz CT molecular complexity index is 940. The van der Waals surface area contributed by atoms with Crippen LogP contribution in [0, 0.1) is 0 Å². The minimum absolute atomic E-state index is 0.0349. The molecular formula is C27H37N3O4S. The fourth-order valence-electron chi connectivity index (χ4n) is 4.95. The summed E-state index contributed by atoms with van der Waals surface area (Å²) in [5.74, 6) is 0.538. The van der Waals surface area contributed by atoms with E-state index in [9.17, 15) is 9.59 Å². The topological polar surface area (TPSA) is 71.1 Å². The minimum atomic E-state index is -0.708. The third kappa shape index (κ3) is 7.29. The molecule has 2 heterocycles. The van der Waals surface area contributed by atoms with Gasteiger partial charge in [-0.2, -0.15) is 0 Å². The molecule has 1 saturated carbocycles. The Labute approximate surface area is 212 Å². The van der Waals surface area contributed by atoms with E-state index in [4.69, 9.17) is 9.47 Å². The van der Waals surface area contributed by atoms with Gasteiger partial charge in [0.25, 0.3) is 0 Å². The van der Waals surface area contributed by atoms with Gasteiger partial charge >= 0.3 is 0 Å². The lowest BCUT2D eigenvalue weighted by molar-refractivity contribution is -0.141. The maximum Gasteiger partial charge on any atom is 0.247 e. The maximum atomic E-state index is 13.8. The van der Waals surface area contributed by atoms with Crippen molar-refractivity contribution in [3.8, 4) is 5.75 Å². The largest absolute Gasteiger partial charge is 0.497 e. The number of carbonyl (C=O) groups is 2. The number of carbonyl (C=O) groups excluding carboxylic acids is 2. The molecule has 1 aromatic heterocycles. The second-order valence-corrected chi connectivity index (χ2v) is 10.4. The summed E-state index contributed by atoms with van der Waals surface area (Å²) in [6, 6.07) is 11.0. The number of hydrogen-bond donors (Lipinski definition) is 1. The number of methoxy groups -OCH3 is 1. The summed E-state index contributed by atoms with van der Waals surface area (Å²) in [5, 5.41) is 5.26. The van der Waals surface area contributed by atoms with Gasteiger partial charge in [-0.05, 0) is 42.0 Å². The van der Waals surface area contributed by atoms with E-state index in [1.165, 1.54) is 6.42 Å². The van der Waals surface area contributed by atoms with Gasteiger partial charge in [0, 0.05) is 37.1 Å². The van der Waals surface area contributed by atoms with Crippen molar-refractivity contribution < 1.29 is 19.1 Å². The first kappa shape index (κ1) is 25.7. The smallest absolute Gasteiger partial charge is 0.247 e. The average Bonchev–Trinajstić information content (AvgIpc) is 3.40. The Morgan fingerprint density at radius 2 is 1.97 bits per heavy atom. The van der Waals surface area contributed by atoms with E-state index >= 15 is 0 Å². The Morgan fingerprint density at radius 3 is 2.69 bits per heavy atom. The number of benzene rings is 1. The van der Waals surface area contributed by atoms with E-state index in [1.54, 1.807) is 23.3 Å². The predicted molar refractivity (Wildman–Crippen MR) is 138 cm³/mol. The molecule has 0 spiro atoms. The molecule has 2 fully saturated rings. The molecule has 190 valence electrons. The molecule has 1 N–H and O–H groups in total. The van der Waals surface area contributed by atoms with Gasteiger partial charge in [0.15, 0.2) is 0 Å². The molecule has 1 aromatic carbocycles. The minimum Gasteiger partial charge on any atom is -0.497 e. The van der Waals surface area contributed by atoms with E-state index in [0.717, 1.165) is 49.2 Å². The monoisotopic (exact) mass is 499 g/mol. The zero-order valence-corrected chi connectivity index (χ0v) is 21.4. The molecule has 2 aliphatic rings. The summed E-state index contributed by atoms with van der Waals surface area (Å²) in [4.78, 5) is 32.6. The van der Waals surface area contributed by atoms with Crippen molar-refractivity contribution in [2.75, 3.05) is 46.5 Å². The van der Waals surface area contributed by atoms with E-state index in [1.807, 2.05) is 41.8 Å². The van der Waals surface area contributed by atoms with Gasteiger partial charge in [-0.15, -0.1) is 11.3 Å². The van der Waals surface area contributed by atoms with Crippen LogP contribution < -0.4 is 10.1 Å². The first-order chi connectivity index (χ1) is 17.1. The lowest BCUT2D eigenvalue weighted by atomic mass is 9.94. The van der Waals surface area contributed by atoms with Crippen LogP contribution in [0.5, 0.6) is 5.75 Å². The van der Waals surface area contributed by atoms with Gasteiger partial charge in [0.2, 0.25) is 11.8 Å². The molecule has 4 rings (SSSR count). The fourth-order valence-corrected chi connectivity index (χ4v) is 5.64. The van der Waals surface area contributed by atoms with Crippen LogP contribution in [0.2, 0.25) is 0 Å². The number of thiophene rings is 1. The Morgan fingerprint density at radius 1 is 1.17 bits per heavy atom. The molecular weight excluding hydrogens is 462 g/mol. The number of morpholine rings is 1. The van der Waals surface area contributed by atoms with Gasteiger partial charge in [-0.1, -0.05) is 37.5 Å². The van der Waals surface area contributed by atoms with Crippen LogP contribution in [-0.4, -0.2) is 74.2 Å². The van der Waals surface area contributed by atoms with Crippen molar-refractivity contribution in [3.63, 3.8) is 0 Å². The molecule has 7 nitrogen and oxygen atoms in total. The second-order valence-electron chi connectivity index (χ2n) is 9.32. The van der Waals surface area contributed by atoms with Crippen LogP contribution in [0.1, 0.15) is 48.6 Å². The van der Waals surface area contributed by atoms with E-state index in [-0.39, 0.29) is 24.3 Å². The van der Waals surface area contributed by atoms with Gasteiger partial charge in [-0.25, -0.2) is 0 Å². The normalized spacial score (nSPS) is 18.1. The predicted octanol–water partition coefficient (Wildman–Crippen LogP) is 3.65. The average molecular weight is 500 g/mol. The van der Waals surface area contributed by atoms with Crippen molar-refractivity contribution in [3.05, 3.63) is 52.2 Å². The highest BCUT2D eigenvalue weighted by molar-refractivity contribution is 7.10. The number of ether oxygens (including phenoxy) is 2. The number of nitrogens with one attached hydrogen (secondary N) is 1. The molecule has 0 bridgehead atoms. The Balaban J connectivity index is 1.61. The van der Waals surface area contributed by atoms with Crippen molar-refractivity contribution >= 4 is 23.2 Å². The summed E-state index contributed by atoms with van der Waals surface area (Å²) >= 11 is 1.57. The van der Waals surface area contributed by atoms with Gasteiger partial charge in [0.05, 0.1) is 26.7 Å². The summed E-state index contributed by atoms with van der Waals surface area (Å²) in [6.07, 6.45) is 5.76. The molecule has 8 heteroatoms. The number of rotatable bonds is 10. The van der Waals surface area contributed by atoms with Crippen molar-refractivity contribution in [2.24, 2.45) is 0 Å². The second kappa shape index (κ2) is 13.0. The molecule has 2 amide bonds. The summed E-state index contributed by atoms with van der Waals surface area (Å²) < 4.78 is 11.0. The molecule has 2 aromatic rings. The number of hydrogen-bond acceptors (Lipinski definition) is 6. The molecule has 1 aliphatic heterocycles. The van der Waals surface area contributed by atoms with E-state index < -0.39 is 6.04 Å². The third-order valence-electron chi connectivity index (χ3n) is 6.91.